The average molecular weight is 238 g/mol. The topological polar surface area (TPSA) is 55.9 Å². The lowest BCUT2D eigenvalue weighted by atomic mass is 10.0. The van der Waals surface area contributed by atoms with E-state index in [1.54, 1.807) is 0 Å². The summed E-state index contributed by atoms with van der Waals surface area (Å²) in [6.45, 7) is 11.6. The monoisotopic (exact) mass is 238 g/mol. The zero-order valence-electron chi connectivity index (χ0n) is 11.7. The SMILES string of the molecule is CCC(C)CC(C)Nc1c(N)c(C)nn1CC. The van der Waals surface area contributed by atoms with E-state index in [-0.39, 0.29) is 0 Å². The first kappa shape index (κ1) is 13.9. The highest BCUT2D eigenvalue weighted by Gasteiger charge is 2.14. The van der Waals surface area contributed by atoms with E-state index in [2.05, 4.69) is 38.1 Å². The Bertz CT molecular complexity index is 357. The summed E-state index contributed by atoms with van der Waals surface area (Å²) in [5, 5.41) is 7.90. The Morgan fingerprint density at radius 2 is 2.00 bits per heavy atom. The molecule has 4 nitrogen and oxygen atoms in total. The molecule has 0 saturated heterocycles. The van der Waals surface area contributed by atoms with Crippen molar-refractivity contribution in [3.63, 3.8) is 0 Å². The third-order valence-corrected chi connectivity index (χ3v) is 3.31. The maximum absolute atomic E-state index is 6.04. The van der Waals surface area contributed by atoms with E-state index in [4.69, 9.17) is 5.73 Å². The molecule has 0 saturated carbocycles. The first-order chi connectivity index (χ1) is 7.99. The van der Waals surface area contributed by atoms with Crippen LogP contribution in [0.5, 0.6) is 0 Å². The Hall–Kier alpha value is -1.19. The van der Waals surface area contributed by atoms with Crippen LogP contribution in [0.25, 0.3) is 0 Å². The van der Waals surface area contributed by atoms with Crippen LogP contribution in [0.3, 0.4) is 0 Å². The Balaban J connectivity index is 2.73. The van der Waals surface area contributed by atoms with E-state index in [1.165, 1.54) is 6.42 Å². The van der Waals surface area contributed by atoms with Crippen molar-refractivity contribution in [3.05, 3.63) is 5.69 Å². The summed E-state index contributed by atoms with van der Waals surface area (Å²) in [6.07, 6.45) is 2.37. The number of nitrogens with one attached hydrogen (secondary N) is 1. The number of aryl methyl sites for hydroxylation is 2. The van der Waals surface area contributed by atoms with Gasteiger partial charge in [-0.15, -0.1) is 0 Å². The Morgan fingerprint density at radius 3 is 2.53 bits per heavy atom. The van der Waals surface area contributed by atoms with Crippen LogP contribution in [-0.2, 0) is 6.54 Å². The molecule has 0 spiro atoms. The summed E-state index contributed by atoms with van der Waals surface area (Å²) >= 11 is 0. The molecular formula is C13H26N4. The van der Waals surface area contributed by atoms with Gasteiger partial charge in [0.15, 0.2) is 0 Å². The number of nitrogens with two attached hydrogens (primary N) is 1. The third-order valence-electron chi connectivity index (χ3n) is 3.31. The van der Waals surface area contributed by atoms with Crippen molar-refractivity contribution in [2.45, 2.75) is 60.0 Å². The molecule has 0 aliphatic heterocycles. The molecule has 1 aromatic rings. The lowest BCUT2D eigenvalue weighted by Gasteiger charge is -2.19. The van der Waals surface area contributed by atoms with E-state index in [0.29, 0.717) is 6.04 Å². The number of hydrogen-bond donors (Lipinski definition) is 2. The van der Waals surface area contributed by atoms with Gasteiger partial charge < -0.3 is 11.1 Å². The van der Waals surface area contributed by atoms with Gasteiger partial charge in [-0.1, -0.05) is 20.3 Å². The third kappa shape index (κ3) is 3.38. The number of aromatic nitrogens is 2. The first-order valence-corrected chi connectivity index (χ1v) is 6.58. The lowest BCUT2D eigenvalue weighted by molar-refractivity contribution is 0.481. The van der Waals surface area contributed by atoms with Crippen LogP contribution >= 0.6 is 0 Å². The molecule has 17 heavy (non-hydrogen) atoms. The Labute approximate surface area is 105 Å². The fraction of sp³-hybridized carbons (Fsp3) is 0.769. The van der Waals surface area contributed by atoms with E-state index in [9.17, 15) is 0 Å². The second-order valence-corrected chi connectivity index (χ2v) is 4.96. The van der Waals surface area contributed by atoms with Crippen molar-refractivity contribution in [1.29, 1.82) is 0 Å². The summed E-state index contributed by atoms with van der Waals surface area (Å²) in [6, 6.07) is 0.425. The van der Waals surface area contributed by atoms with E-state index < -0.39 is 0 Å². The smallest absolute Gasteiger partial charge is 0.148 e. The molecule has 1 rings (SSSR count). The van der Waals surface area contributed by atoms with Crippen LogP contribution in [0.15, 0.2) is 0 Å². The Morgan fingerprint density at radius 1 is 1.35 bits per heavy atom. The molecule has 98 valence electrons. The zero-order chi connectivity index (χ0) is 13.0. The summed E-state index contributed by atoms with van der Waals surface area (Å²) in [5.74, 6) is 1.71. The molecule has 0 fully saturated rings. The molecule has 0 aliphatic carbocycles. The quantitative estimate of drug-likeness (QED) is 0.801. The van der Waals surface area contributed by atoms with Gasteiger partial charge in [0.1, 0.15) is 5.82 Å². The van der Waals surface area contributed by atoms with Crippen LogP contribution in [0.4, 0.5) is 11.5 Å². The van der Waals surface area contributed by atoms with Crippen molar-refractivity contribution < 1.29 is 0 Å². The maximum atomic E-state index is 6.04. The van der Waals surface area contributed by atoms with Crippen molar-refractivity contribution in [2.24, 2.45) is 5.92 Å². The van der Waals surface area contributed by atoms with Gasteiger partial charge in [0.2, 0.25) is 0 Å². The van der Waals surface area contributed by atoms with Gasteiger partial charge in [-0.3, -0.25) is 0 Å². The van der Waals surface area contributed by atoms with Gasteiger partial charge in [0.05, 0.1) is 11.4 Å². The van der Waals surface area contributed by atoms with Crippen LogP contribution in [0.2, 0.25) is 0 Å². The fourth-order valence-electron chi connectivity index (χ4n) is 2.04. The number of nitrogens with zero attached hydrogens (tertiary/aromatic N) is 2. The second kappa shape index (κ2) is 5.94. The van der Waals surface area contributed by atoms with Crippen LogP contribution in [-0.4, -0.2) is 15.8 Å². The van der Waals surface area contributed by atoms with Gasteiger partial charge in [0, 0.05) is 12.6 Å². The second-order valence-electron chi connectivity index (χ2n) is 4.96. The predicted molar refractivity (Wildman–Crippen MR) is 74.2 cm³/mol. The van der Waals surface area contributed by atoms with E-state index >= 15 is 0 Å². The molecule has 2 atom stereocenters. The highest BCUT2D eigenvalue weighted by molar-refractivity contribution is 5.65. The van der Waals surface area contributed by atoms with Crippen LogP contribution in [0, 0.1) is 12.8 Å². The molecule has 2 unspecified atom stereocenters. The summed E-state index contributed by atoms with van der Waals surface area (Å²) in [4.78, 5) is 0. The molecule has 0 aliphatic rings. The van der Waals surface area contributed by atoms with Crippen LogP contribution in [0.1, 0.15) is 46.2 Å². The maximum Gasteiger partial charge on any atom is 0.148 e. The summed E-state index contributed by atoms with van der Waals surface area (Å²) < 4.78 is 1.94. The molecule has 1 aromatic heterocycles. The molecular weight excluding hydrogens is 212 g/mol. The average Bonchev–Trinajstić information content (AvgIpc) is 2.56. The summed E-state index contributed by atoms with van der Waals surface area (Å²) in [7, 11) is 0. The molecule has 0 radical (unpaired) electrons. The van der Waals surface area contributed by atoms with Gasteiger partial charge in [-0.25, -0.2) is 4.68 Å². The van der Waals surface area contributed by atoms with Gasteiger partial charge >= 0.3 is 0 Å². The molecule has 1 heterocycles. The lowest BCUT2D eigenvalue weighted by Crippen LogP contribution is -2.21. The number of nitrogen functional groups attached to an aromatic ring is 1. The molecule has 0 amide bonds. The van der Waals surface area contributed by atoms with Crippen molar-refractivity contribution in [1.82, 2.24) is 9.78 Å². The summed E-state index contributed by atoms with van der Waals surface area (Å²) in [5.41, 5.74) is 7.73. The van der Waals surface area contributed by atoms with Crippen LogP contribution < -0.4 is 11.1 Å². The van der Waals surface area contributed by atoms with Gasteiger partial charge in [0.25, 0.3) is 0 Å². The van der Waals surface area contributed by atoms with E-state index in [0.717, 1.165) is 36.1 Å². The number of hydrogen-bond acceptors (Lipinski definition) is 3. The molecule has 0 aromatic carbocycles. The molecule has 4 heteroatoms. The molecule has 3 N–H and O–H groups in total. The highest BCUT2D eigenvalue weighted by Crippen LogP contribution is 2.24. The number of rotatable bonds is 6. The van der Waals surface area contributed by atoms with Gasteiger partial charge in [-0.05, 0) is 33.1 Å². The minimum absolute atomic E-state index is 0.425. The number of anilines is 2. The van der Waals surface area contributed by atoms with Crippen molar-refractivity contribution in [3.8, 4) is 0 Å². The van der Waals surface area contributed by atoms with Crippen molar-refractivity contribution >= 4 is 11.5 Å². The zero-order valence-corrected chi connectivity index (χ0v) is 11.7. The predicted octanol–water partition coefficient (Wildman–Crippen LogP) is 3.03. The standard InChI is InChI=1S/C13H26N4/c1-6-9(3)8-10(4)15-13-12(14)11(5)16-17(13)7-2/h9-10,15H,6-8,14H2,1-5H3. The first-order valence-electron chi connectivity index (χ1n) is 6.58. The highest BCUT2D eigenvalue weighted by atomic mass is 15.3. The van der Waals surface area contributed by atoms with Crippen molar-refractivity contribution in [2.75, 3.05) is 11.1 Å². The van der Waals surface area contributed by atoms with Gasteiger partial charge in [-0.2, -0.15) is 5.10 Å². The Kier molecular flexibility index (Phi) is 4.85. The normalized spacial score (nSPS) is 14.6. The minimum atomic E-state index is 0.425. The van der Waals surface area contributed by atoms with E-state index in [1.807, 2.05) is 11.6 Å². The largest absolute Gasteiger partial charge is 0.394 e. The minimum Gasteiger partial charge on any atom is -0.394 e. The fourth-order valence-corrected chi connectivity index (χ4v) is 2.04. The molecule has 0 bridgehead atoms.